The molecule has 0 bridgehead atoms. The van der Waals surface area contributed by atoms with Gasteiger partial charge in [-0.3, -0.25) is 9.59 Å². The average Bonchev–Trinajstić information content (AvgIpc) is 2.83. The van der Waals surface area contributed by atoms with E-state index in [1.165, 1.54) is 11.3 Å². The molecule has 0 fully saturated rings. The summed E-state index contributed by atoms with van der Waals surface area (Å²) in [6.07, 6.45) is 0. The summed E-state index contributed by atoms with van der Waals surface area (Å²) in [5.74, 6) is -0.904. The number of hydrogen-bond donors (Lipinski definition) is 2. The number of hydrogen-bond acceptors (Lipinski definition) is 3. The highest BCUT2D eigenvalue weighted by molar-refractivity contribution is 9.10. The molecule has 0 aliphatic rings. The molecule has 0 unspecified atom stereocenters. The molecule has 0 aliphatic heterocycles. The molecule has 6 heteroatoms. The third-order valence-corrected chi connectivity index (χ3v) is 4.17. The van der Waals surface area contributed by atoms with Crippen LogP contribution in [0.15, 0.2) is 46.3 Å². The van der Waals surface area contributed by atoms with E-state index in [9.17, 15) is 9.59 Å². The normalized spacial score (nSPS) is 11.8. The van der Waals surface area contributed by atoms with Crippen LogP contribution >= 0.6 is 27.3 Å². The first-order chi connectivity index (χ1) is 9.08. The summed E-state index contributed by atoms with van der Waals surface area (Å²) in [5, 5.41) is 4.44. The second-order valence-electron chi connectivity index (χ2n) is 3.85. The molecular formula is C13H11BrN2O2S. The fourth-order valence-corrected chi connectivity index (χ4v) is 2.93. The Morgan fingerprint density at radius 1 is 1.26 bits per heavy atom. The predicted octanol–water partition coefficient (Wildman–Crippen LogP) is 2.47. The van der Waals surface area contributed by atoms with Gasteiger partial charge >= 0.3 is 0 Å². The molecule has 0 aliphatic carbocycles. The molecule has 2 amide bonds. The fraction of sp³-hybridized carbons (Fsp3) is 0.0769. The Labute approximate surface area is 122 Å². The van der Waals surface area contributed by atoms with E-state index in [2.05, 4.69) is 21.2 Å². The van der Waals surface area contributed by atoms with Crippen molar-refractivity contribution in [3.05, 3.63) is 56.7 Å². The number of halogens is 1. The van der Waals surface area contributed by atoms with E-state index in [0.29, 0.717) is 10.4 Å². The van der Waals surface area contributed by atoms with Crippen molar-refractivity contribution < 1.29 is 9.59 Å². The molecule has 1 atom stereocenters. The summed E-state index contributed by atoms with van der Waals surface area (Å²) in [5.41, 5.74) is 6.01. The number of nitrogens with two attached hydrogens (primary N) is 1. The molecule has 0 saturated heterocycles. The lowest BCUT2D eigenvalue weighted by Gasteiger charge is -2.15. The Hall–Kier alpha value is -1.66. The monoisotopic (exact) mass is 338 g/mol. The molecular weight excluding hydrogens is 328 g/mol. The Morgan fingerprint density at radius 2 is 1.95 bits per heavy atom. The summed E-state index contributed by atoms with van der Waals surface area (Å²) in [6, 6.07) is 9.79. The summed E-state index contributed by atoms with van der Waals surface area (Å²) < 4.78 is 0.831. The van der Waals surface area contributed by atoms with Crippen LogP contribution in [0.2, 0.25) is 0 Å². The van der Waals surface area contributed by atoms with Crippen LogP contribution in [0.4, 0.5) is 0 Å². The van der Waals surface area contributed by atoms with Gasteiger partial charge in [-0.05, 0) is 27.6 Å². The maximum absolute atomic E-state index is 12.0. The summed E-state index contributed by atoms with van der Waals surface area (Å²) in [4.78, 5) is 24.0. The lowest BCUT2D eigenvalue weighted by atomic mass is 10.1. The third kappa shape index (κ3) is 3.42. The van der Waals surface area contributed by atoms with Crippen LogP contribution in [0.1, 0.15) is 21.3 Å². The number of benzene rings is 1. The van der Waals surface area contributed by atoms with Crippen LogP contribution in [-0.4, -0.2) is 11.8 Å². The van der Waals surface area contributed by atoms with E-state index in [1.54, 1.807) is 35.7 Å². The van der Waals surface area contributed by atoms with Crippen LogP contribution in [0.25, 0.3) is 0 Å². The van der Waals surface area contributed by atoms with Crippen molar-refractivity contribution in [3.63, 3.8) is 0 Å². The van der Waals surface area contributed by atoms with E-state index in [-0.39, 0.29) is 5.91 Å². The molecule has 2 rings (SSSR count). The number of carbonyl (C=O) groups is 2. The number of primary amides is 1. The molecule has 0 saturated carbocycles. The Bertz CT molecular complexity index is 598. The van der Waals surface area contributed by atoms with Gasteiger partial charge in [-0.2, -0.15) is 0 Å². The maximum Gasteiger partial charge on any atom is 0.262 e. The van der Waals surface area contributed by atoms with E-state index >= 15 is 0 Å². The molecule has 2 aromatic rings. The molecule has 98 valence electrons. The minimum absolute atomic E-state index is 0.316. The second-order valence-corrected chi connectivity index (χ2v) is 5.68. The van der Waals surface area contributed by atoms with Crippen molar-refractivity contribution >= 4 is 39.1 Å². The number of nitrogens with one attached hydrogen (secondary N) is 1. The van der Waals surface area contributed by atoms with Gasteiger partial charge in [0, 0.05) is 9.85 Å². The van der Waals surface area contributed by atoms with Gasteiger partial charge < -0.3 is 11.1 Å². The van der Waals surface area contributed by atoms with Crippen molar-refractivity contribution in [2.75, 3.05) is 0 Å². The summed E-state index contributed by atoms with van der Waals surface area (Å²) in [7, 11) is 0. The standard InChI is InChI=1S/C13H11BrN2O2S/c14-9-6-10(19-7-9)13(18)16-11(12(15)17)8-4-2-1-3-5-8/h1-7,11H,(H2,15,17)(H,16,18)/t11-/m0/s1. The topological polar surface area (TPSA) is 72.2 Å². The fourth-order valence-electron chi connectivity index (χ4n) is 1.60. The molecule has 1 heterocycles. The highest BCUT2D eigenvalue weighted by atomic mass is 79.9. The second kappa shape index (κ2) is 5.99. The third-order valence-electron chi connectivity index (χ3n) is 2.48. The lowest BCUT2D eigenvalue weighted by molar-refractivity contribution is -0.120. The van der Waals surface area contributed by atoms with Crippen LogP contribution < -0.4 is 11.1 Å². The van der Waals surface area contributed by atoms with E-state index < -0.39 is 11.9 Å². The van der Waals surface area contributed by atoms with Crippen molar-refractivity contribution in [2.24, 2.45) is 5.73 Å². The molecule has 0 spiro atoms. The predicted molar refractivity (Wildman–Crippen MR) is 77.9 cm³/mol. The quantitative estimate of drug-likeness (QED) is 0.898. The Balaban J connectivity index is 2.18. The zero-order chi connectivity index (χ0) is 13.8. The van der Waals surface area contributed by atoms with Gasteiger partial charge in [-0.25, -0.2) is 0 Å². The van der Waals surface area contributed by atoms with Gasteiger partial charge in [0.25, 0.3) is 5.91 Å². The zero-order valence-electron chi connectivity index (χ0n) is 9.80. The lowest BCUT2D eigenvalue weighted by Crippen LogP contribution is -2.37. The minimum atomic E-state index is -0.824. The molecule has 1 aromatic carbocycles. The highest BCUT2D eigenvalue weighted by Crippen LogP contribution is 2.21. The van der Waals surface area contributed by atoms with Gasteiger partial charge in [-0.1, -0.05) is 30.3 Å². The summed E-state index contributed by atoms with van der Waals surface area (Å²) in [6.45, 7) is 0. The number of carbonyl (C=O) groups excluding carboxylic acids is 2. The zero-order valence-corrected chi connectivity index (χ0v) is 12.2. The van der Waals surface area contributed by atoms with Gasteiger partial charge in [0.1, 0.15) is 6.04 Å². The largest absolute Gasteiger partial charge is 0.368 e. The molecule has 19 heavy (non-hydrogen) atoms. The molecule has 4 nitrogen and oxygen atoms in total. The van der Waals surface area contributed by atoms with E-state index in [1.807, 2.05) is 6.07 Å². The van der Waals surface area contributed by atoms with Gasteiger partial charge in [0.2, 0.25) is 5.91 Å². The van der Waals surface area contributed by atoms with E-state index in [0.717, 1.165) is 4.47 Å². The molecule has 1 aromatic heterocycles. The van der Waals surface area contributed by atoms with Crippen LogP contribution in [0.3, 0.4) is 0 Å². The summed E-state index contributed by atoms with van der Waals surface area (Å²) >= 11 is 4.57. The average molecular weight is 339 g/mol. The van der Waals surface area contributed by atoms with Gasteiger partial charge in [-0.15, -0.1) is 11.3 Å². The van der Waals surface area contributed by atoms with Crippen molar-refractivity contribution in [3.8, 4) is 0 Å². The maximum atomic E-state index is 12.0. The Kier molecular flexibility index (Phi) is 4.34. The minimum Gasteiger partial charge on any atom is -0.368 e. The van der Waals surface area contributed by atoms with Crippen molar-refractivity contribution in [2.45, 2.75) is 6.04 Å². The number of rotatable bonds is 4. The van der Waals surface area contributed by atoms with Crippen molar-refractivity contribution in [1.29, 1.82) is 0 Å². The van der Waals surface area contributed by atoms with Crippen molar-refractivity contribution in [1.82, 2.24) is 5.32 Å². The van der Waals surface area contributed by atoms with Gasteiger partial charge in [0.05, 0.1) is 4.88 Å². The first-order valence-electron chi connectivity index (χ1n) is 5.47. The van der Waals surface area contributed by atoms with Crippen LogP contribution in [-0.2, 0) is 4.79 Å². The first kappa shape index (κ1) is 13.8. The van der Waals surface area contributed by atoms with Crippen LogP contribution in [0.5, 0.6) is 0 Å². The highest BCUT2D eigenvalue weighted by Gasteiger charge is 2.21. The van der Waals surface area contributed by atoms with Crippen LogP contribution in [0, 0.1) is 0 Å². The molecule has 0 radical (unpaired) electrons. The number of thiophene rings is 1. The molecule has 3 N–H and O–H groups in total. The number of amides is 2. The first-order valence-corrected chi connectivity index (χ1v) is 7.14. The van der Waals surface area contributed by atoms with E-state index in [4.69, 9.17) is 5.73 Å². The SMILES string of the molecule is NC(=O)[C@@H](NC(=O)c1cc(Br)cs1)c1ccccc1. The Morgan fingerprint density at radius 3 is 2.47 bits per heavy atom. The van der Waals surface area contributed by atoms with Gasteiger partial charge in [0.15, 0.2) is 0 Å². The smallest absolute Gasteiger partial charge is 0.262 e.